The summed E-state index contributed by atoms with van der Waals surface area (Å²) in [7, 11) is 0. The molecule has 0 saturated carbocycles. The Labute approximate surface area is 184 Å². The van der Waals surface area contributed by atoms with E-state index in [0.717, 1.165) is 5.56 Å². The predicted octanol–water partition coefficient (Wildman–Crippen LogP) is 5.69. The van der Waals surface area contributed by atoms with Crippen LogP contribution in [-0.4, -0.2) is 12.5 Å². The van der Waals surface area contributed by atoms with Crippen LogP contribution in [-0.2, 0) is 11.2 Å². The number of carbonyl (C=O) groups is 1. The summed E-state index contributed by atoms with van der Waals surface area (Å²) in [6.45, 7) is 2.39. The number of ether oxygens (including phenoxy) is 1. The van der Waals surface area contributed by atoms with Crippen LogP contribution >= 0.6 is 11.6 Å². The SMILES string of the molecule is CCOc1ccccc1-c1cc(=O)c2ccc(NC(=O)Cc3ccc(Cl)cc3)cc2o1. The summed E-state index contributed by atoms with van der Waals surface area (Å²) in [4.78, 5) is 25.1. The number of anilines is 1. The minimum atomic E-state index is -0.179. The second kappa shape index (κ2) is 9.06. The van der Waals surface area contributed by atoms with Crippen LogP contribution in [0.1, 0.15) is 12.5 Å². The van der Waals surface area contributed by atoms with Gasteiger partial charge in [0.1, 0.15) is 17.1 Å². The van der Waals surface area contributed by atoms with Crippen molar-refractivity contribution in [3.63, 3.8) is 0 Å². The van der Waals surface area contributed by atoms with Crippen LogP contribution in [0.2, 0.25) is 5.02 Å². The van der Waals surface area contributed by atoms with E-state index < -0.39 is 0 Å². The van der Waals surface area contributed by atoms with E-state index in [-0.39, 0.29) is 17.8 Å². The molecule has 156 valence electrons. The van der Waals surface area contributed by atoms with Crippen LogP contribution in [0, 0.1) is 0 Å². The molecule has 0 aliphatic rings. The molecule has 1 heterocycles. The lowest BCUT2D eigenvalue weighted by Crippen LogP contribution is -2.14. The molecule has 4 rings (SSSR count). The van der Waals surface area contributed by atoms with E-state index in [9.17, 15) is 9.59 Å². The van der Waals surface area contributed by atoms with Gasteiger partial charge >= 0.3 is 0 Å². The van der Waals surface area contributed by atoms with Crippen LogP contribution in [0.5, 0.6) is 5.75 Å². The first-order chi connectivity index (χ1) is 15.0. The number of nitrogens with one attached hydrogen (secondary N) is 1. The normalized spacial score (nSPS) is 10.8. The minimum Gasteiger partial charge on any atom is -0.493 e. The lowest BCUT2D eigenvalue weighted by Gasteiger charge is -2.10. The third-order valence-corrected chi connectivity index (χ3v) is 5.00. The molecule has 1 N–H and O–H groups in total. The zero-order chi connectivity index (χ0) is 21.8. The molecule has 0 radical (unpaired) electrons. The van der Waals surface area contributed by atoms with Crippen molar-refractivity contribution >= 4 is 34.2 Å². The van der Waals surface area contributed by atoms with Gasteiger partial charge < -0.3 is 14.5 Å². The molecule has 0 aliphatic heterocycles. The van der Waals surface area contributed by atoms with Crippen molar-refractivity contribution in [1.82, 2.24) is 0 Å². The average molecular weight is 434 g/mol. The molecule has 0 fully saturated rings. The van der Waals surface area contributed by atoms with Crippen LogP contribution in [0.25, 0.3) is 22.3 Å². The Morgan fingerprint density at radius 3 is 2.58 bits per heavy atom. The molecule has 6 heteroatoms. The van der Waals surface area contributed by atoms with Gasteiger partial charge in [0, 0.05) is 22.8 Å². The smallest absolute Gasteiger partial charge is 0.228 e. The highest BCUT2D eigenvalue weighted by Gasteiger charge is 2.13. The summed E-state index contributed by atoms with van der Waals surface area (Å²) >= 11 is 5.89. The fourth-order valence-electron chi connectivity index (χ4n) is 3.31. The number of benzene rings is 3. The van der Waals surface area contributed by atoms with Gasteiger partial charge in [-0.05, 0) is 48.9 Å². The van der Waals surface area contributed by atoms with Gasteiger partial charge in [-0.3, -0.25) is 9.59 Å². The molecular formula is C25H20ClNO4. The zero-order valence-corrected chi connectivity index (χ0v) is 17.6. The van der Waals surface area contributed by atoms with E-state index in [0.29, 0.717) is 45.4 Å². The highest BCUT2D eigenvalue weighted by atomic mass is 35.5. The first-order valence-corrected chi connectivity index (χ1v) is 10.3. The second-order valence-electron chi connectivity index (χ2n) is 6.97. The Balaban J connectivity index is 1.63. The third kappa shape index (κ3) is 4.78. The van der Waals surface area contributed by atoms with E-state index in [1.165, 1.54) is 6.07 Å². The number of hydrogen-bond donors (Lipinski definition) is 1. The predicted molar refractivity (Wildman–Crippen MR) is 123 cm³/mol. The minimum absolute atomic E-state index is 0.165. The molecule has 0 bridgehead atoms. The molecule has 0 atom stereocenters. The average Bonchev–Trinajstić information content (AvgIpc) is 2.76. The quantitative estimate of drug-likeness (QED) is 0.424. The fraction of sp³-hybridized carbons (Fsp3) is 0.120. The Morgan fingerprint density at radius 1 is 1.03 bits per heavy atom. The van der Waals surface area contributed by atoms with Gasteiger partial charge in [0.05, 0.1) is 24.0 Å². The van der Waals surface area contributed by atoms with Crippen LogP contribution in [0.15, 0.2) is 82.0 Å². The van der Waals surface area contributed by atoms with Crippen LogP contribution in [0.3, 0.4) is 0 Å². The Morgan fingerprint density at radius 2 is 1.81 bits per heavy atom. The summed E-state index contributed by atoms with van der Waals surface area (Å²) in [5.74, 6) is 0.868. The Kier molecular flexibility index (Phi) is 6.05. The van der Waals surface area contributed by atoms with Gasteiger partial charge in [0.25, 0.3) is 0 Å². The zero-order valence-electron chi connectivity index (χ0n) is 16.9. The molecule has 4 aromatic rings. The highest BCUT2D eigenvalue weighted by Crippen LogP contribution is 2.31. The monoisotopic (exact) mass is 433 g/mol. The van der Waals surface area contributed by atoms with Crippen molar-refractivity contribution in [3.8, 4) is 17.1 Å². The summed E-state index contributed by atoms with van der Waals surface area (Å²) in [5.41, 5.74) is 2.31. The summed E-state index contributed by atoms with van der Waals surface area (Å²) in [6, 6.07) is 21.0. The highest BCUT2D eigenvalue weighted by molar-refractivity contribution is 6.30. The van der Waals surface area contributed by atoms with Gasteiger partial charge in [-0.15, -0.1) is 0 Å². The van der Waals surface area contributed by atoms with Crippen molar-refractivity contribution in [1.29, 1.82) is 0 Å². The summed E-state index contributed by atoms with van der Waals surface area (Å²) < 4.78 is 11.7. The molecule has 0 unspecified atom stereocenters. The molecule has 5 nitrogen and oxygen atoms in total. The number of para-hydroxylation sites is 1. The van der Waals surface area contributed by atoms with Crippen LogP contribution < -0.4 is 15.5 Å². The second-order valence-corrected chi connectivity index (χ2v) is 7.40. The summed E-state index contributed by atoms with van der Waals surface area (Å²) in [6.07, 6.45) is 0.209. The Hall–Kier alpha value is -3.57. The molecule has 0 saturated heterocycles. The van der Waals surface area contributed by atoms with Gasteiger partial charge in [-0.1, -0.05) is 35.9 Å². The largest absolute Gasteiger partial charge is 0.493 e. The van der Waals surface area contributed by atoms with E-state index in [4.69, 9.17) is 20.8 Å². The number of hydrogen-bond acceptors (Lipinski definition) is 4. The van der Waals surface area contributed by atoms with Crippen molar-refractivity contribution in [3.05, 3.63) is 93.6 Å². The molecule has 31 heavy (non-hydrogen) atoms. The maximum absolute atomic E-state index is 12.6. The number of carbonyl (C=O) groups excluding carboxylic acids is 1. The lowest BCUT2D eigenvalue weighted by atomic mass is 10.1. The van der Waals surface area contributed by atoms with E-state index in [2.05, 4.69) is 5.32 Å². The van der Waals surface area contributed by atoms with Crippen molar-refractivity contribution < 1.29 is 13.9 Å². The molecule has 0 aliphatic carbocycles. The Bertz CT molecular complexity index is 1300. The first kappa shape index (κ1) is 20.7. The molecular weight excluding hydrogens is 414 g/mol. The van der Waals surface area contributed by atoms with Gasteiger partial charge in [0.2, 0.25) is 5.91 Å². The van der Waals surface area contributed by atoms with Gasteiger partial charge in [-0.25, -0.2) is 0 Å². The van der Waals surface area contributed by atoms with Crippen molar-refractivity contribution in [2.45, 2.75) is 13.3 Å². The standard InChI is InChI=1S/C25H20ClNO4/c1-2-30-22-6-4-3-5-20(22)24-15-21(28)19-12-11-18(14-23(19)31-24)27-25(29)13-16-7-9-17(26)10-8-16/h3-12,14-15H,2,13H2,1H3,(H,27,29). The number of halogens is 1. The van der Waals surface area contributed by atoms with Gasteiger partial charge in [0.15, 0.2) is 5.43 Å². The topological polar surface area (TPSA) is 68.5 Å². The molecule has 1 aromatic heterocycles. The molecule has 3 aromatic carbocycles. The maximum atomic E-state index is 12.6. The number of amides is 1. The molecule has 1 amide bonds. The van der Waals surface area contributed by atoms with Crippen LogP contribution in [0.4, 0.5) is 5.69 Å². The maximum Gasteiger partial charge on any atom is 0.228 e. The van der Waals surface area contributed by atoms with Crippen molar-refractivity contribution in [2.75, 3.05) is 11.9 Å². The number of rotatable bonds is 6. The first-order valence-electron chi connectivity index (χ1n) is 9.88. The summed E-state index contributed by atoms with van der Waals surface area (Å²) in [5, 5.41) is 3.91. The lowest BCUT2D eigenvalue weighted by molar-refractivity contribution is -0.115. The van der Waals surface area contributed by atoms with Gasteiger partial charge in [-0.2, -0.15) is 0 Å². The van der Waals surface area contributed by atoms with E-state index in [1.807, 2.05) is 43.3 Å². The molecule has 0 spiro atoms. The van der Waals surface area contributed by atoms with E-state index in [1.54, 1.807) is 30.3 Å². The fourth-order valence-corrected chi connectivity index (χ4v) is 3.44. The third-order valence-electron chi connectivity index (χ3n) is 4.74. The van der Waals surface area contributed by atoms with Crippen molar-refractivity contribution in [2.24, 2.45) is 0 Å². The number of fused-ring (bicyclic) bond motifs is 1. The van der Waals surface area contributed by atoms with E-state index >= 15 is 0 Å².